The second-order valence-electron chi connectivity index (χ2n) is 6.98. The Labute approximate surface area is 126 Å². The van der Waals surface area contributed by atoms with Crippen LogP contribution in [0.3, 0.4) is 0 Å². The highest BCUT2D eigenvalue weighted by Crippen LogP contribution is 2.41. The molecule has 21 heavy (non-hydrogen) atoms. The fourth-order valence-corrected chi connectivity index (χ4v) is 4.98. The third-order valence-corrected chi connectivity index (χ3v) is 6.72. The van der Waals surface area contributed by atoms with Crippen molar-refractivity contribution in [1.29, 1.82) is 0 Å². The fourth-order valence-electron chi connectivity index (χ4n) is 3.05. The number of benzene rings is 1. The van der Waals surface area contributed by atoms with E-state index in [1.807, 2.05) is 0 Å². The van der Waals surface area contributed by atoms with Crippen LogP contribution in [0, 0.1) is 17.2 Å². The first-order valence-corrected chi connectivity index (χ1v) is 8.84. The zero-order valence-electron chi connectivity index (χ0n) is 12.7. The highest BCUT2D eigenvalue weighted by molar-refractivity contribution is 7.92. The van der Waals surface area contributed by atoms with Crippen LogP contribution in [0.1, 0.15) is 40.0 Å². The Balaban J connectivity index is 2.34. The number of rotatable bonds is 2. The molecule has 0 aliphatic heterocycles. The van der Waals surface area contributed by atoms with E-state index in [4.69, 9.17) is 0 Å². The first kappa shape index (κ1) is 16.4. The smallest absolute Gasteiger partial charge is 0.183 e. The van der Waals surface area contributed by atoms with E-state index in [1.54, 1.807) is 0 Å². The summed E-state index contributed by atoms with van der Waals surface area (Å²) in [5, 5.41) is 9.30. The summed E-state index contributed by atoms with van der Waals surface area (Å²) in [6.45, 7) is 6.25. The average Bonchev–Trinajstić information content (AvgIpc) is 2.37. The van der Waals surface area contributed by atoms with Crippen molar-refractivity contribution in [3.05, 3.63) is 30.1 Å². The SMILES string of the molecule is CC(C)(C)C1CCC(O)C(S(=O)(=O)c2cccc(F)c2)C1. The number of hydrogen-bond donors (Lipinski definition) is 1. The van der Waals surface area contributed by atoms with Gasteiger partial charge >= 0.3 is 0 Å². The van der Waals surface area contributed by atoms with Gasteiger partial charge in [-0.3, -0.25) is 0 Å². The molecule has 3 atom stereocenters. The van der Waals surface area contributed by atoms with Crippen molar-refractivity contribution in [1.82, 2.24) is 0 Å². The molecule has 0 heterocycles. The molecule has 1 fully saturated rings. The lowest BCUT2D eigenvalue weighted by Crippen LogP contribution is -2.42. The molecule has 2 rings (SSSR count). The molecule has 1 N–H and O–H groups in total. The molecular formula is C16H23FO3S. The molecule has 0 aromatic heterocycles. The molecule has 0 saturated heterocycles. The molecule has 3 unspecified atom stereocenters. The number of aliphatic hydroxyl groups excluding tert-OH is 1. The molecule has 0 amide bonds. The van der Waals surface area contributed by atoms with E-state index in [2.05, 4.69) is 20.8 Å². The normalized spacial score (nSPS) is 27.6. The van der Waals surface area contributed by atoms with E-state index in [1.165, 1.54) is 18.2 Å². The van der Waals surface area contributed by atoms with E-state index in [-0.39, 0.29) is 16.2 Å². The summed E-state index contributed by atoms with van der Waals surface area (Å²) in [5.41, 5.74) is -0.00412. The van der Waals surface area contributed by atoms with Gasteiger partial charge in [0.15, 0.2) is 9.84 Å². The Hall–Kier alpha value is -0.940. The average molecular weight is 314 g/mol. The first-order valence-electron chi connectivity index (χ1n) is 7.30. The van der Waals surface area contributed by atoms with Gasteiger partial charge in [0.05, 0.1) is 16.2 Å². The molecule has 1 aliphatic rings. The molecule has 1 saturated carbocycles. The third-order valence-electron chi connectivity index (χ3n) is 4.50. The molecular weight excluding hydrogens is 291 g/mol. The van der Waals surface area contributed by atoms with Crippen molar-refractivity contribution in [2.45, 2.75) is 56.3 Å². The predicted octanol–water partition coefficient (Wildman–Crippen LogP) is 3.18. The Bertz CT molecular complexity index is 604. The van der Waals surface area contributed by atoms with Crippen LogP contribution in [-0.4, -0.2) is 24.9 Å². The van der Waals surface area contributed by atoms with Crippen LogP contribution in [0.25, 0.3) is 0 Å². The third kappa shape index (κ3) is 3.46. The largest absolute Gasteiger partial charge is 0.392 e. The maximum absolute atomic E-state index is 13.3. The second kappa shape index (κ2) is 5.69. The molecule has 1 aromatic carbocycles. The maximum Gasteiger partial charge on any atom is 0.183 e. The number of sulfone groups is 1. The first-order chi connectivity index (χ1) is 9.62. The molecule has 1 aromatic rings. The van der Waals surface area contributed by atoms with Crippen LogP contribution in [0.4, 0.5) is 4.39 Å². The minimum Gasteiger partial charge on any atom is -0.392 e. The van der Waals surface area contributed by atoms with Gasteiger partial charge in [-0.25, -0.2) is 12.8 Å². The highest BCUT2D eigenvalue weighted by Gasteiger charge is 2.42. The quantitative estimate of drug-likeness (QED) is 0.912. The van der Waals surface area contributed by atoms with Crippen LogP contribution < -0.4 is 0 Å². The van der Waals surface area contributed by atoms with Crippen molar-refractivity contribution >= 4 is 9.84 Å². The van der Waals surface area contributed by atoms with Gasteiger partial charge in [-0.15, -0.1) is 0 Å². The van der Waals surface area contributed by atoms with Gasteiger partial charge in [0, 0.05) is 0 Å². The van der Waals surface area contributed by atoms with Gasteiger partial charge in [-0.05, 0) is 48.8 Å². The van der Waals surface area contributed by atoms with Crippen LogP contribution in [0.2, 0.25) is 0 Å². The lowest BCUT2D eigenvalue weighted by molar-refractivity contribution is 0.0757. The molecule has 0 spiro atoms. The summed E-state index contributed by atoms with van der Waals surface area (Å²) < 4.78 is 38.7. The second-order valence-corrected chi connectivity index (χ2v) is 9.15. The summed E-state index contributed by atoms with van der Waals surface area (Å²) in [4.78, 5) is -0.0406. The molecule has 0 radical (unpaired) electrons. The molecule has 5 heteroatoms. The number of halogens is 1. The molecule has 118 valence electrons. The van der Waals surface area contributed by atoms with E-state index < -0.39 is 27.0 Å². The minimum atomic E-state index is -3.72. The predicted molar refractivity (Wildman–Crippen MR) is 80.2 cm³/mol. The molecule has 0 bridgehead atoms. The van der Waals surface area contributed by atoms with Crippen molar-refractivity contribution < 1.29 is 17.9 Å². The van der Waals surface area contributed by atoms with E-state index in [0.29, 0.717) is 12.8 Å². The Morgan fingerprint density at radius 1 is 1.24 bits per heavy atom. The summed E-state index contributed by atoms with van der Waals surface area (Å²) in [6, 6.07) is 5.03. The lowest BCUT2D eigenvalue weighted by Gasteiger charge is -2.39. The highest BCUT2D eigenvalue weighted by atomic mass is 32.2. The zero-order chi connectivity index (χ0) is 15.8. The summed E-state index contributed by atoms with van der Waals surface area (Å²) in [5.74, 6) is -0.344. The van der Waals surface area contributed by atoms with Gasteiger partial charge in [-0.1, -0.05) is 26.8 Å². The fraction of sp³-hybridized carbons (Fsp3) is 0.625. The van der Waals surface area contributed by atoms with Crippen LogP contribution in [0.5, 0.6) is 0 Å². The van der Waals surface area contributed by atoms with Crippen LogP contribution in [-0.2, 0) is 9.84 Å². The standard InChI is InChI=1S/C16H23FO3S/c1-16(2,3)11-7-8-14(18)15(9-11)21(19,20)13-6-4-5-12(17)10-13/h4-6,10-11,14-15,18H,7-9H2,1-3H3. The number of aliphatic hydroxyl groups is 1. The summed E-state index contributed by atoms with van der Waals surface area (Å²) >= 11 is 0. The van der Waals surface area contributed by atoms with Gasteiger partial charge in [0.1, 0.15) is 5.82 Å². The summed E-state index contributed by atoms with van der Waals surface area (Å²) in [7, 11) is -3.72. The molecule has 3 nitrogen and oxygen atoms in total. The topological polar surface area (TPSA) is 54.4 Å². The van der Waals surface area contributed by atoms with E-state index in [0.717, 1.165) is 12.5 Å². The maximum atomic E-state index is 13.3. The van der Waals surface area contributed by atoms with Crippen molar-refractivity contribution in [3.8, 4) is 0 Å². The number of hydrogen-bond acceptors (Lipinski definition) is 3. The van der Waals surface area contributed by atoms with Gasteiger partial charge in [0.25, 0.3) is 0 Å². The van der Waals surface area contributed by atoms with Crippen LogP contribution >= 0.6 is 0 Å². The van der Waals surface area contributed by atoms with Gasteiger partial charge in [-0.2, -0.15) is 0 Å². The van der Waals surface area contributed by atoms with Gasteiger partial charge in [0.2, 0.25) is 0 Å². The lowest BCUT2D eigenvalue weighted by atomic mass is 9.71. The van der Waals surface area contributed by atoms with Gasteiger partial charge < -0.3 is 5.11 Å². The Kier molecular flexibility index (Phi) is 4.45. The minimum absolute atomic E-state index is 0.00412. The van der Waals surface area contributed by atoms with E-state index >= 15 is 0 Å². The molecule has 1 aliphatic carbocycles. The van der Waals surface area contributed by atoms with Crippen LogP contribution in [0.15, 0.2) is 29.2 Å². The Morgan fingerprint density at radius 2 is 1.90 bits per heavy atom. The monoisotopic (exact) mass is 314 g/mol. The van der Waals surface area contributed by atoms with Crippen molar-refractivity contribution in [2.75, 3.05) is 0 Å². The van der Waals surface area contributed by atoms with E-state index in [9.17, 15) is 17.9 Å². The van der Waals surface area contributed by atoms with Crippen molar-refractivity contribution in [3.63, 3.8) is 0 Å². The Morgan fingerprint density at radius 3 is 2.48 bits per heavy atom. The summed E-state index contributed by atoms with van der Waals surface area (Å²) in [6.07, 6.45) is 0.835. The zero-order valence-corrected chi connectivity index (χ0v) is 13.5. The van der Waals surface area contributed by atoms with Crippen molar-refractivity contribution in [2.24, 2.45) is 11.3 Å².